The van der Waals surface area contributed by atoms with Gasteiger partial charge in [-0.1, -0.05) is 12.1 Å². The van der Waals surface area contributed by atoms with Crippen LogP contribution in [-0.4, -0.2) is 29.2 Å². The lowest BCUT2D eigenvalue weighted by Crippen LogP contribution is -2.46. The summed E-state index contributed by atoms with van der Waals surface area (Å²) in [7, 11) is 0. The summed E-state index contributed by atoms with van der Waals surface area (Å²) in [5.74, 6) is 1.64. The van der Waals surface area contributed by atoms with E-state index in [9.17, 15) is 0 Å². The SMILES string of the molecule is c1ccc2nc3c(nc2c1)OC[C@@H]1CCCCN31. The van der Waals surface area contributed by atoms with Gasteiger partial charge in [0.25, 0.3) is 5.88 Å². The van der Waals surface area contributed by atoms with E-state index in [1.807, 2.05) is 24.3 Å². The van der Waals surface area contributed by atoms with Gasteiger partial charge in [0.1, 0.15) is 6.61 Å². The van der Waals surface area contributed by atoms with Gasteiger partial charge in [0.05, 0.1) is 17.1 Å². The Labute approximate surface area is 106 Å². The standard InChI is InChI=1S/C14H15N3O/c1-2-7-12-11(6-1)15-13-14(16-12)18-9-10-5-3-4-8-17(10)13/h1-2,6-7,10H,3-5,8-9H2/t10-/m0/s1. The maximum absolute atomic E-state index is 5.79. The number of nitrogens with zero attached hydrogens (tertiary/aromatic N) is 3. The Morgan fingerprint density at radius 2 is 1.94 bits per heavy atom. The van der Waals surface area contributed by atoms with E-state index < -0.39 is 0 Å². The number of benzene rings is 1. The minimum absolute atomic E-state index is 0.488. The number of fused-ring (bicyclic) bond motifs is 4. The monoisotopic (exact) mass is 241 g/mol. The molecule has 1 saturated heterocycles. The third-order valence-corrected chi connectivity index (χ3v) is 3.83. The van der Waals surface area contributed by atoms with Gasteiger partial charge in [-0.15, -0.1) is 0 Å². The van der Waals surface area contributed by atoms with Crippen molar-refractivity contribution < 1.29 is 4.74 Å². The molecule has 18 heavy (non-hydrogen) atoms. The van der Waals surface area contributed by atoms with Gasteiger partial charge in [-0.3, -0.25) is 0 Å². The van der Waals surface area contributed by atoms with Crippen LogP contribution < -0.4 is 9.64 Å². The average molecular weight is 241 g/mol. The summed E-state index contributed by atoms with van der Waals surface area (Å²) in [5, 5.41) is 0. The van der Waals surface area contributed by atoms with Gasteiger partial charge in [0, 0.05) is 6.54 Å². The minimum Gasteiger partial charge on any atom is -0.473 e. The Kier molecular flexibility index (Phi) is 2.15. The summed E-state index contributed by atoms with van der Waals surface area (Å²) in [5.41, 5.74) is 1.86. The zero-order valence-electron chi connectivity index (χ0n) is 10.2. The summed E-state index contributed by atoms with van der Waals surface area (Å²) >= 11 is 0. The molecule has 4 rings (SSSR count). The van der Waals surface area contributed by atoms with Crippen LogP contribution in [0.25, 0.3) is 11.0 Å². The summed E-state index contributed by atoms with van der Waals surface area (Å²) in [4.78, 5) is 11.7. The second-order valence-corrected chi connectivity index (χ2v) is 5.00. The normalized spacial score (nSPS) is 22.2. The van der Waals surface area contributed by atoms with E-state index >= 15 is 0 Å². The molecule has 3 heterocycles. The second-order valence-electron chi connectivity index (χ2n) is 5.00. The molecule has 0 spiro atoms. The van der Waals surface area contributed by atoms with Crippen molar-refractivity contribution in [3.63, 3.8) is 0 Å². The molecule has 2 aromatic rings. The van der Waals surface area contributed by atoms with Gasteiger partial charge in [0.2, 0.25) is 0 Å². The summed E-state index contributed by atoms with van der Waals surface area (Å²) in [6.07, 6.45) is 3.74. The minimum atomic E-state index is 0.488. The molecule has 0 N–H and O–H groups in total. The molecule has 1 aromatic carbocycles. The molecule has 4 nitrogen and oxygen atoms in total. The highest BCUT2D eigenvalue weighted by atomic mass is 16.5. The molecular weight excluding hydrogens is 226 g/mol. The van der Waals surface area contributed by atoms with E-state index in [4.69, 9.17) is 9.72 Å². The molecule has 4 heteroatoms. The molecule has 92 valence electrons. The van der Waals surface area contributed by atoms with E-state index in [1.165, 1.54) is 19.3 Å². The Hall–Kier alpha value is -1.84. The lowest BCUT2D eigenvalue weighted by molar-refractivity contribution is 0.230. The van der Waals surface area contributed by atoms with E-state index in [-0.39, 0.29) is 0 Å². The van der Waals surface area contributed by atoms with Crippen LogP contribution in [0.1, 0.15) is 19.3 Å². The first-order chi connectivity index (χ1) is 8.92. The van der Waals surface area contributed by atoms with Crippen LogP contribution in [0.2, 0.25) is 0 Å². The van der Waals surface area contributed by atoms with Crippen molar-refractivity contribution in [2.45, 2.75) is 25.3 Å². The maximum Gasteiger partial charge on any atom is 0.258 e. The fourth-order valence-electron chi connectivity index (χ4n) is 2.89. The first kappa shape index (κ1) is 10.1. The van der Waals surface area contributed by atoms with E-state index in [1.54, 1.807) is 0 Å². The lowest BCUT2D eigenvalue weighted by Gasteiger charge is -2.40. The highest BCUT2D eigenvalue weighted by Crippen LogP contribution is 2.35. The number of hydrogen-bond donors (Lipinski definition) is 0. The Bertz CT molecular complexity index is 599. The van der Waals surface area contributed by atoms with Crippen LogP contribution in [-0.2, 0) is 0 Å². The average Bonchev–Trinajstić information content (AvgIpc) is 2.45. The maximum atomic E-state index is 5.79. The molecule has 1 aromatic heterocycles. The van der Waals surface area contributed by atoms with Crippen molar-refractivity contribution in [3.8, 4) is 5.88 Å². The quantitative estimate of drug-likeness (QED) is 0.709. The number of rotatable bonds is 0. The zero-order valence-corrected chi connectivity index (χ0v) is 10.2. The first-order valence-electron chi connectivity index (χ1n) is 6.58. The third kappa shape index (κ3) is 1.45. The molecule has 0 radical (unpaired) electrons. The van der Waals surface area contributed by atoms with Crippen molar-refractivity contribution in [2.75, 3.05) is 18.1 Å². The van der Waals surface area contributed by atoms with E-state index in [2.05, 4.69) is 9.88 Å². The smallest absolute Gasteiger partial charge is 0.258 e. The van der Waals surface area contributed by atoms with Crippen molar-refractivity contribution in [2.24, 2.45) is 0 Å². The fraction of sp³-hybridized carbons (Fsp3) is 0.429. The summed E-state index contributed by atoms with van der Waals surface area (Å²) in [6, 6.07) is 8.46. The van der Waals surface area contributed by atoms with Crippen molar-refractivity contribution in [1.29, 1.82) is 0 Å². The van der Waals surface area contributed by atoms with Crippen LogP contribution in [0.5, 0.6) is 5.88 Å². The largest absolute Gasteiger partial charge is 0.473 e. The predicted octanol–water partition coefficient (Wildman–Crippen LogP) is 2.38. The molecule has 0 amide bonds. The van der Waals surface area contributed by atoms with Crippen LogP contribution in [0.15, 0.2) is 24.3 Å². The zero-order chi connectivity index (χ0) is 11.9. The number of hydrogen-bond acceptors (Lipinski definition) is 4. The Morgan fingerprint density at radius 1 is 1.11 bits per heavy atom. The topological polar surface area (TPSA) is 38.3 Å². The number of piperidine rings is 1. The lowest BCUT2D eigenvalue weighted by atomic mass is 10.0. The molecule has 1 atom stereocenters. The molecule has 0 bridgehead atoms. The first-order valence-corrected chi connectivity index (χ1v) is 6.58. The third-order valence-electron chi connectivity index (χ3n) is 3.83. The molecule has 1 fully saturated rings. The molecule has 2 aliphatic heterocycles. The second kappa shape index (κ2) is 3.83. The van der Waals surface area contributed by atoms with Crippen LogP contribution in [0.4, 0.5) is 5.82 Å². The summed E-state index contributed by atoms with van der Waals surface area (Å²) < 4.78 is 5.79. The molecule has 0 saturated carbocycles. The van der Waals surface area contributed by atoms with Gasteiger partial charge < -0.3 is 9.64 Å². The van der Waals surface area contributed by atoms with Crippen LogP contribution in [0, 0.1) is 0 Å². The van der Waals surface area contributed by atoms with Crippen LogP contribution >= 0.6 is 0 Å². The van der Waals surface area contributed by atoms with Gasteiger partial charge in [-0.2, -0.15) is 0 Å². The predicted molar refractivity (Wildman–Crippen MR) is 70.0 cm³/mol. The number of para-hydroxylation sites is 2. The number of anilines is 1. The van der Waals surface area contributed by atoms with Gasteiger partial charge >= 0.3 is 0 Å². The highest BCUT2D eigenvalue weighted by molar-refractivity contribution is 5.77. The van der Waals surface area contributed by atoms with Crippen molar-refractivity contribution in [1.82, 2.24) is 9.97 Å². The molecular formula is C14H15N3O. The van der Waals surface area contributed by atoms with Gasteiger partial charge in [-0.25, -0.2) is 9.97 Å². The van der Waals surface area contributed by atoms with E-state index in [0.29, 0.717) is 11.9 Å². The Balaban J connectivity index is 1.87. The van der Waals surface area contributed by atoms with Crippen molar-refractivity contribution in [3.05, 3.63) is 24.3 Å². The van der Waals surface area contributed by atoms with Crippen LogP contribution in [0.3, 0.4) is 0 Å². The number of ether oxygens (including phenoxy) is 1. The summed E-state index contributed by atoms with van der Waals surface area (Å²) in [6.45, 7) is 1.83. The number of aromatic nitrogens is 2. The molecule has 2 aliphatic rings. The molecule has 0 aliphatic carbocycles. The van der Waals surface area contributed by atoms with Crippen molar-refractivity contribution >= 4 is 16.9 Å². The Morgan fingerprint density at radius 3 is 2.83 bits per heavy atom. The van der Waals surface area contributed by atoms with Gasteiger partial charge in [0.15, 0.2) is 5.82 Å². The fourth-order valence-corrected chi connectivity index (χ4v) is 2.89. The highest BCUT2D eigenvalue weighted by Gasteiger charge is 2.31. The van der Waals surface area contributed by atoms with Gasteiger partial charge in [-0.05, 0) is 31.4 Å². The van der Waals surface area contributed by atoms with E-state index in [0.717, 1.165) is 30.0 Å². The molecule has 0 unspecified atom stereocenters.